The summed E-state index contributed by atoms with van der Waals surface area (Å²) in [4.78, 5) is 21.2. The summed E-state index contributed by atoms with van der Waals surface area (Å²) < 4.78 is 24.6. The van der Waals surface area contributed by atoms with Gasteiger partial charge in [-0.1, -0.05) is 13.2 Å². The minimum Gasteiger partial charge on any atom is -0.460 e. The molecule has 0 aromatic rings. The first-order valence-electron chi connectivity index (χ1n) is 8.49. The molecule has 0 spiro atoms. The summed E-state index contributed by atoms with van der Waals surface area (Å²) in [6.07, 6.45) is 0.499. The van der Waals surface area contributed by atoms with Gasteiger partial charge in [-0.15, -0.1) is 0 Å². The molecule has 0 rings (SSSR count). The largest absolute Gasteiger partial charge is 0.460 e. The summed E-state index contributed by atoms with van der Waals surface area (Å²) in [5.74, 6) is -0.910. The fourth-order valence-electron chi connectivity index (χ4n) is 1.19. The number of aliphatic hydroxyl groups excluding tert-OH is 2. The highest BCUT2D eigenvalue weighted by molar-refractivity contribution is 5.86. The quantitative estimate of drug-likeness (QED) is 0.229. The van der Waals surface area contributed by atoms with E-state index in [-0.39, 0.29) is 19.8 Å². The van der Waals surface area contributed by atoms with Crippen LogP contribution in [-0.2, 0) is 33.3 Å². The Morgan fingerprint density at radius 2 is 1.44 bits per heavy atom. The zero-order valence-electron chi connectivity index (χ0n) is 16.2. The number of hydrogen-bond donors (Lipinski definition) is 2. The normalized spacial score (nSPS) is 11.0. The number of carbonyl (C=O) groups is 2. The van der Waals surface area contributed by atoms with Crippen molar-refractivity contribution in [1.29, 1.82) is 0 Å². The van der Waals surface area contributed by atoms with Crippen molar-refractivity contribution in [2.75, 3.05) is 59.5 Å². The molecule has 1 atom stereocenters. The average Bonchev–Trinajstić information content (AvgIpc) is 2.64. The maximum absolute atomic E-state index is 10.6. The van der Waals surface area contributed by atoms with Crippen LogP contribution in [0.5, 0.6) is 0 Å². The molecule has 0 aliphatic heterocycles. The van der Waals surface area contributed by atoms with E-state index < -0.39 is 18.0 Å². The lowest BCUT2D eigenvalue weighted by molar-refractivity contribution is -0.141. The molecule has 9 nitrogen and oxygen atoms in total. The topological polar surface area (TPSA) is 121 Å². The van der Waals surface area contributed by atoms with Crippen LogP contribution in [0.15, 0.2) is 24.8 Å². The molecule has 0 heterocycles. The second kappa shape index (κ2) is 20.5. The summed E-state index contributed by atoms with van der Waals surface area (Å²) in [5, 5.41) is 17.1. The summed E-state index contributed by atoms with van der Waals surface area (Å²) >= 11 is 0. The van der Waals surface area contributed by atoms with Gasteiger partial charge in [-0.25, -0.2) is 9.59 Å². The van der Waals surface area contributed by atoms with Crippen molar-refractivity contribution in [2.45, 2.75) is 20.0 Å². The number of esters is 2. The summed E-state index contributed by atoms with van der Waals surface area (Å²) in [6, 6.07) is 0. The lowest BCUT2D eigenvalue weighted by atomic mass is 10.3. The van der Waals surface area contributed by atoms with Crippen molar-refractivity contribution in [2.24, 2.45) is 0 Å². The van der Waals surface area contributed by atoms with E-state index in [2.05, 4.69) is 17.9 Å². The van der Waals surface area contributed by atoms with Crippen LogP contribution in [0, 0.1) is 0 Å². The van der Waals surface area contributed by atoms with E-state index >= 15 is 0 Å². The Balaban J connectivity index is 0. The minimum absolute atomic E-state index is 0.0204. The molecule has 0 amide bonds. The monoisotopic (exact) mass is 392 g/mol. The van der Waals surface area contributed by atoms with Gasteiger partial charge in [-0.3, -0.25) is 0 Å². The molecule has 0 saturated carbocycles. The van der Waals surface area contributed by atoms with Crippen molar-refractivity contribution >= 4 is 11.9 Å². The Morgan fingerprint density at radius 3 is 1.85 bits per heavy atom. The second-order valence-electron chi connectivity index (χ2n) is 5.16. The number of hydrogen-bond acceptors (Lipinski definition) is 9. The predicted molar refractivity (Wildman–Crippen MR) is 98.2 cm³/mol. The van der Waals surface area contributed by atoms with Gasteiger partial charge >= 0.3 is 11.9 Å². The Morgan fingerprint density at radius 1 is 0.963 bits per heavy atom. The molecule has 0 aromatic carbocycles. The van der Waals surface area contributed by atoms with E-state index in [0.717, 1.165) is 6.08 Å². The average molecular weight is 392 g/mol. The van der Waals surface area contributed by atoms with Crippen LogP contribution in [0.1, 0.15) is 13.8 Å². The third-order valence-corrected chi connectivity index (χ3v) is 2.42. The molecule has 0 saturated heterocycles. The maximum Gasteiger partial charge on any atom is 0.333 e. The van der Waals surface area contributed by atoms with Crippen LogP contribution in [0.25, 0.3) is 0 Å². The molecule has 0 aromatic heterocycles. The molecule has 27 heavy (non-hydrogen) atoms. The molecule has 0 aliphatic carbocycles. The second-order valence-corrected chi connectivity index (χ2v) is 5.16. The number of carbonyl (C=O) groups excluding carboxylic acids is 2. The van der Waals surface area contributed by atoms with E-state index in [0.29, 0.717) is 45.2 Å². The first kappa shape index (κ1) is 27.4. The number of ether oxygens (including phenoxy) is 5. The van der Waals surface area contributed by atoms with E-state index in [9.17, 15) is 9.59 Å². The van der Waals surface area contributed by atoms with Crippen molar-refractivity contribution in [3.63, 3.8) is 0 Å². The van der Waals surface area contributed by atoms with Gasteiger partial charge in [-0.2, -0.15) is 0 Å². The van der Waals surface area contributed by atoms with Crippen LogP contribution >= 0.6 is 0 Å². The zero-order valence-corrected chi connectivity index (χ0v) is 16.2. The Bertz CT molecular complexity index is 408. The van der Waals surface area contributed by atoms with Crippen LogP contribution < -0.4 is 0 Å². The molecule has 9 heteroatoms. The Kier molecular flexibility index (Phi) is 20.9. The third kappa shape index (κ3) is 24.2. The highest BCUT2D eigenvalue weighted by Gasteiger charge is 2.03. The maximum atomic E-state index is 10.6. The van der Waals surface area contributed by atoms with Crippen LogP contribution in [0.4, 0.5) is 0 Å². The molecule has 1 unspecified atom stereocenters. The van der Waals surface area contributed by atoms with Gasteiger partial charge in [0.05, 0.1) is 52.4 Å². The van der Waals surface area contributed by atoms with Gasteiger partial charge in [0.1, 0.15) is 13.2 Å². The van der Waals surface area contributed by atoms with Crippen LogP contribution in [-0.4, -0.2) is 87.7 Å². The van der Waals surface area contributed by atoms with Crippen molar-refractivity contribution < 1.29 is 43.5 Å². The molecule has 2 N–H and O–H groups in total. The van der Waals surface area contributed by atoms with Gasteiger partial charge in [0.15, 0.2) is 0 Å². The molecular formula is C18H32O9. The van der Waals surface area contributed by atoms with Crippen LogP contribution in [0.3, 0.4) is 0 Å². The minimum atomic E-state index is -0.608. The van der Waals surface area contributed by atoms with Crippen molar-refractivity contribution in [3.05, 3.63) is 24.8 Å². The highest BCUT2D eigenvalue weighted by atomic mass is 16.6. The van der Waals surface area contributed by atoms with E-state index in [4.69, 9.17) is 29.2 Å². The molecular weight excluding hydrogens is 360 g/mol. The third-order valence-electron chi connectivity index (χ3n) is 2.42. The molecule has 158 valence electrons. The summed E-state index contributed by atoms with van der Waals surface area (Å²) in [5.41, 5.74) is 0.348. The van der Waals surface area contributed by atoms with Crippen molar-refractivity contribution in [3.8, 4) is 0 Å². The number of aliphatic hydroxyl groups is 2. The first-order valence-corrected chi connectivity index (χ1v) is 8.49. The smallest absolute Gasteiger partial charge is 0.333 e. The zero-order chi connectivity index (χ0) is 20.9. The fraction of sp³-hybridized carbons (Fsp3) is 0.667. The van der Waals surface area contributed by atoms with Gasteiger partial charge in [0.2, 0.25) is 0 Å². The Labute approximate surface area is 160 Å². The van der Waals surface area contributed by atoms with Crippen molar-refractivity contribution in [1.82, 2.24) is 0 Å². The molecule has 0 radical (unpaired) electrons. The predicted octanol–water partition coefficient (Wildman–Crippen LogP) is 0.244. The molecule has 0 aliphatic rings. The lowest BCUT2D eigenvalue weighted by Gasteiger charge is -2.06. The van der Waals surface area contributed by atoms with Gasteiger partial charge in [-0.05, 0) is 13.8 Å². The fourth-order valence-corrected chi connectivity index (χ4v) is 1.19. The van der Waals surface area contributed by atoms with Gasteiger partial charge < -0.3 is 33.9 Å². The van der Waals surface area contributed by atoms with Gasteiger partial charge in [0, 0.05) is 11.6 Å². The first-order chi connectivity index (χ1) is 12.8. The van der Waals surface area contributed by atoms with Crippen LogP contribution in [0.2, 0.25) is 0 Å². The summed E-state index contributed by atoms with van der Waals surface area (Å²) in [6.45, 7) is 12.5. The standard InChI is InChI=1S/C11H20O6.C7H12O3/c1-2-11(13)17-10-9-16-8-7-15-6-5-14-4-3-12;1-5(2)7(9)10-4-6(3)8/h2,12H,1,3-10H2;6,8H,1,4H2,2-3H3. The number of rotatable bonds is 15. The SMILES string of the molecule is C=C(C)C(=O)OCC(C)O.C=CC(=O)OCCOCCOCCOCCO. The highest BCUT2D eigenvalue weighted by Crippen LogP contribution is 1.92. The van der Waals surface area contributed by atoms with E-state index in [1.807, 2.05) is 0 Å². The lowest BCUT2D eigenvalue weighted by Crippen LogP contribution is -2.15. The van der Waals surface area contributed by atoms with Gasteiger partial charge in [0.25, 0.3) is 0 Å². The summed E-state index contributed by atoms with van der Waals surface area (Å²) in [7, 11) is 0. The molecule has 0 bridgehead atoms. The molecule has 0 fully saturated rings. The Hall–Kier alpha value is -1.78. The van der Waals surface area contributed by atoms with E-state index in [1.54, 1.807) is 13.8 Å². The van der Waals surface area contributed by atoms with E-state index in [1.165, 1.54) is 0 Å².